The molecule has 0 aliphatic heterocycles. The third kappa shape index (κ3) is 7.34. The van der Waals surface area contributed by atoms with Crippen molar-refractivity contribution >= 4 is 41.1 Å². The van der Waals surface area contributed by atoms with Gasteiger partial charge < -0.3 is 14.2 Å². The second-order valence-electron chi connectivity index (χ2n) is 3.40. The molecule has 0 fully saturated rings. The van der Waals surface area contributed by atoms with Crippen LogP contribution in [0.15, 0.2) is 0 Å². The predicted molar refractivity (Wildman–Crippen MR) is 63.0 cm³/mol. The maximum atomic E-state index is 10.8. The number of esters is 3. The highest BCUT2D eigenvalue weighted by atomic mass is 35.5. The summed E-state index contributed by atoms with van der Waals surface area (Å²) in [5, 5.41) is 0. The number of rotatable bonds is 6. The quantitative estimate of drug-likeness (QED) is 0.421. The minimum Gasteiger partial charge on any atom is -0.466 e. The Morgan fingerprint density at radius 2 is 1.44 bits per heavy atom. The third-order valence-electron chi connectivity index (χ3n) is 1.63. The van der Waals surface area contributed by atoms with Gasteiger partial charge in [-0.25, -0.2) is 0 Å². The van der Waals surface area contributed by atoms with Gasteiger partial charge in [0.1, 0.15) is 0 Å². The van der Waals surface area contributed by atoms with E-state index in [1.54, 1.807) is 0 Å². The van der Waals surface area contributed by atoms with Crippen LogP contribution in [0, 0.1) is 0 Å². The van der Waals surface area contributed by atoms with Crippen LogP contribution in [0.3, 0.4) is 0 Å². The Morgan fingerprint density at radius 3 is 1.78 bits per heavy atom. The van der Waals surface area contributed by atoms with Gasteiger partial charge in [-0.15, -0.1) is 0 Å². The van der Waals surface area contributed by atoms with Gasteiger partial charge in [-0.1, -0.05) is 23.2 Å². The maximum Gasteiger partial charge on any atom is 0.305 e. The van der Waals surface area contributed by atoms with E-state index in [9.17, 15) is 14.4 Å². The standard InChI is InChI=1S/C10H14Cl2O6/c1-6(13)16-5-4-10(11,12)9(17-7(2)14)18-8(3)15/h9H,4-5H2,1-3H3. The summed E-state index contributed by atoms with van der Waals surface area (Å²) in [6.45, 7) is 3.36. The molecule has 0 aromatic rings. The molecule has 8 heteroatoms. The summed E-state index contributed by atoms with van der Waals surface area (Å²) >= 11 is 11.8. The Kier molecular flexibility index (Phi) is 7.01. The molecular weight excluding hydrogens is 287 g/mol. The van der Waals surface area contributed by atoms with E-state index >= 15 is 0 Å². The molecule has 6 nitrogen and oxygen atoms in total. The van der Waals surface area contributed by atoms with Crippen molar-refractivity contribution in [1.29, 1.82) is 0 Å². The van der Waals surface area contributed by atoms with Gasteiger partial charge in [-0.3, -0.25) is 14.4 Å². The van der Waals surface area contributed by atoms with E-state index in [2.05, 4.69) is 4.74 Å². The molecular formula is C10H14Cl2O6. The first-order chi connectivity index (χ1) is 8.15. The molecule has 0 rings (SSSR count). The van der Waals surface area contributed by atoms with Crippen LogP contribution >= 0.6 is 23.2 Å². The average molecular weight is 301 g/mol. The Hall–Kier alpha value is -1.01. The number of alkyl halides is 2. The molecule has 0 amide bonds. The van der Waals surface area contributed by atoms with Crippen LogP contribution in [-0.2, 0) is 28.6 Å². The molecule has 18 heavy (non-hydrogen) atoms. The zero-order chi connectivity index (χ0) is 14.3. The van der Waals surface area contributed by atoms with Gasteiger partial charge in [-0.05, 0) is 0 Å². The predicted octanol–water partition coefficient (Wildman–Crippen LogP) is 1.57. The zero-order valence-corrected chi connectivity index (χ0v) is 11.7. The molecule has 104 valence electrons. The fraction of sp³-hybridized carbons (Fsp3) is 0.700. The number of carbonyl (C=O) groups is 3. The minimum absolute atomic E-state index is 0.0685. The number of halogens is 2. The van der Waals surface area contributed by atoms with Gasteiger partial charge in [-0.2, -0.15) is 0 Å². The fourth-order valence-corrected chi connectivity index (χ4v) is 1.28. The molecule has 0 unspecified atom stereocenters. The van der Waals surface area contributed by atoms with Crippen molar-refractivity contribution in [2.75, 3.05) is 6.61 Å². The first-order valence-corrected chi connectivity index (χ1v) is 5.76. The Labute approximate surface area is 114 Å². The van der Waals surface area contributed by atoms with Crippen molar-refractivity contribution in [3.8, 4) is 0 Å². The number of hydrogen-bond acceptors (Lipinski definition) is 6. The SMILES string of the molecule is CC(=O)OCCC(Cl)(Cl)C(OC(C)=O)OC(C)=O. The monoisotopic (exact) mass is 300 g/mol. The highest BCUT2D eigenvalue weighted by molar-refractivity contribution is 6.48. The molecule has 0 spiro atoms. The maximum absolute atomic E-state index is 10.8. The molecule has 0 N–H and O–H groups in total. The Balaban J connectivity index is 4.56. The number of ether oxygens (including phenoxy) is 3. The molecule has 0 atom stereocenters. The largest absolute Gasteiger partial charge is 0.466 e. The summed E-state index contributed by atoms with van der Waals surface area (Å²) in [6, 6.07) is 0. The highest BCUT2D eigenvalue weighted by Gasteiger charge is 2.40. The normalized spacial score (nSPS) is 11.0. The van der Waals surface area contributed by atoms with E-state index in [-0.39, 0.29) is 13.0 Å². The molecule has 0 radical (unpaired) electrons. The first-order valence-electron chi connectivity index (χ1n) is 5.01. The molecule has 0 aliphatic carbocycles. The smallest absolute Gasteiger partial charge is 0.305 e. The van der Waals surface area contributed by atoms with Crippen LogP contribution in [0.5, 0.6) is 0 Å². The van der Waals surface area contributed by atoms with Crippen molar-refractivity contribution in [1.82, 2.24) is 0 Å². The van der Waals surface area contributed by atoms with E-state index in [1.807, 2.05) is 0 Å². The topological polar surface area (TPSA) is 78.9 Å². The third-order valence-corrected chi connectivity index (χ3v) is 2.37. The lowest BCUT2D eigenvalue weighted by molar-refractivity contribution is -0.188. The minimum atomic E-state index is -1.70. The first kappa shape index (κ1) is 17.0. The summed E-state index contributed by atoms with van der Waals surface area (Å²) in [7, 11) is 0. The van der Waals surface area contributed by atoms with Crippen molar-refractivity contribution in [2.24, 2.45) is 0 Å². The molecule has 0 aromatic heterocycles. The molecule has 0 saturated carbocycles. The molecule has 0 saturated heterocycles. The fourth-order valence-electron chi connectivity index (χ4n) is 0.947. The van der Waals surface area contributed by atoms with Gasteiger partial charge in [0, 0.05) is 27.2 Å². The molecule has 0 bridgehead atoms. The zero-order valence-electron chi connectivity index (χ0n) is 10.2. The van der Waals surface area contributed by atoms with E-state index < -0.39 is 28.5 Å². The molecule has 0 aliphatic rings. The highest BCUT2D eigenvalue weighted by Crippen LogP contribution is 2.32. The molecule has 0 aromatic carbocycles. The van der Waals surface area contributed by atoms with Gasteiger partial charge in [0.15, 0.2) is 4.33 Å². The second-order valence-corrected chi connectivity index (χ2v) is 4.94. The summed E-state index contributed by atoms with van der Waals surface area (Å²) in [5.41, 5.74) is 0. The van der Waals surface area contributed by atoms with Gasteiger partial charge >= 0.3 is 17.9 Å². The van der Waals surface area contributed by atoms with Crippen molar-refractivity contribution in [3.05, 3.63) is 0 Å². The van der Waals surface area contributed by atoms with Crippen LogP contribution in [0.2, 0.25) is 0 Å². The van der Waals surface area contributed by atoms with Gasteiger partial charge in [0.25, 0.3) is 6.29 Å². The second kappa shape index (κ2) is 7.43. The van der Waals surface area contributed by atoms with Crippen LogP contribution < -0.4 is 0 Å². The van der Waals surface area contributed by atoms with Crippen LogP contribution in [0.1, 0.15) is 27.2 Å². The lowest BCUT2D eigenvalue weighted by Gasteiger charge is -2.27. The van der Waals surface area contributed by atoms with Crippen LogP contribution in [-0.4, -0.2) is 35.1 Å². The van der Waals surface area contributed by atoms with Crippen LogP contribution in [0.4, 0.5) is 0 Å². The van der Waals surface area contributed by atoms with E-state index in [0.717, 1.165) is 13.8 Å². The van der Waals surface area contributed by atoms with E-state index in [1.165, 1.54) is 6.92 Å². The molecule has 0 heterocycles. The van der Waals surface area contributed by atoms with Crippen molar-refractivity contribution in [3.63, 3.8) is 0 Å². The van der Waals surface area contributed by atoms with E-state index in [4.69, 9.17) is 32.7 Å². The average Bonchev–Trinajstić information content (AvgIpc) is 2.13. The van der Waals surface area contributed by atoms with Gasteiger partial charge in [0.2, 0.25) is 0 Å². The Morgan fingerprint density at radius 1 is 1.00 bits per heavy atom. The van der Waals surface area contributed by atoms with Crippen LogP contribution in [0.25, 0.3) is 0 Å². The summed E-state index contributed by atoms with van der Waals surface area (Å²) in [4.78, 5) is 32.3. The summed E-state index contributed by atoms with van der Waals surface area (Å²) in [6.07, 6.45) is -1.53. The van der Waals surface area contributed by atoms with Gasteiger partial charge in [0.05, 0.1) is 6.61 Å². The lowest BCUT2D eigenvalue weighted by atomic mass is 10.3. The number of carbonyl (C=O) groups excluding carboxylic acids is 3. The van der Waals surface area contributed by atoms with Crippen molar-refractivity contribution < 1.29 is 28.6 Å². The Bertz CT molecular complexity index is 312. The summed E-state index contributed by atoms with van der Waals surface area (Å²) in [5.74, 6) is -1.92. The number of hydrogen-bond donors (Lipinski definition) is 0. The lowest BCUT2D eigenvalue weighted by Crippen LogP contribution is -2.39. The summed E-state index contributed by atoms with van der Waals surface area (Å²) < 4.78 is 12.3. The van der Waals surface area contributed by atoms with E-state index in [0.29, 0.717) is 0 Å². The van der Waals surface area contributed by atoms with Crippen molar-refractivity contribution in [2.45, 2.75) is 37.8 Å².